The van der Waals surface area contributed by atoms with Gasteiger partial charge < -0.3 is 19.7 Å². The molecule has 1 N–H and O–H groups in total. The van der Waals surface area contributed by atoms with Crippen molar-refractivity contribution in [1.82, 2.24) is 15.2 Å². The number of rotatable bonds is 6. The first-order chi connectivity index (χ1) is 13.1. The molecule has 0 aliphatic carbocycles. The highest BCUT2D eigenvalue weighted by Gasteiger charge is 2.19. The summed E-state index contributed by atoms with van der Waals surface area (Å²) >= 11 is 0. The van der Waals surface area contributed by atoms with Gasteiger partial charge in [0.2, 0.25) is 5.88 Å². The fraction of sp³-hybridized carbons (Fsp3) is 0.400. The Morgan fingerprint density at radius 2 is 2.30 bits per heavy atom. The maximum atomic E-state index is 13.2. The van der Waals surface area contributed by atoms with Gasteiger partial charge in [-0.25, -0.2) is 9.37 Å². The molecule has 7 heteroatoms. The first-order valence-electron chi connectivity index (χ1n) is 9.02. The Morgan fingerprint density at radius 3 is 2.96 bits per heavy atom. The molecule has 1 atom stereocenters. The Morgan fingerprint density at radius 1 is 1.41 bits per heavy atom. The maximum Gasteiger partial charge on any atom is 0.219 e. The molecule has 0 amide bonds. The van der Waals surface area contributed by atoms with E-state index in [-0.39, 0.29) is 5.82 Å². The summed E-state index contributed by atoms with van der Waals surface area (Å²) in [4.78, 5) is 10.7. The second kappa shape index (κ2) is 9.32. The number of guanidine groups is 1. The van der Waals surface area contributed by atoms with E-state index < -0.39 is 0 Å². The fourth-order valence-corrected chi connectivity index (χ4v) is 2.99. The van der Waals surface area contributed by atoms with Crippen LogP contribution in [0.1, 0.15) is 12.0 Å². The number of ether oxygens (including phenoxy) is 2. The third-order valence-corrected chi connectivity index (χ3v) is 4.40. The van der Waals surface area contributed by atoms with Gasteiger partial charge in [-0.05, 0) is 24.1 Å². The van der Waals surface area contributed by atoms with Crippen LogP contribution in [0.5, 0.6) is 11.6 Å². The molecule has 2 aromatic rings. The van der Waals surface area contributed by atoms with Crippen LogP contribution >= 0.6 is 0 Å². The number of nitrogens with zero attached hydrogens (tertiary/aromatic N) is 3. The summed E-state index contributed by atoms with van der Waals surface area (Å²) in [7, 11) is 3.81. The standard InChI is InChI=1S/C20H25FN4O2/c1-22-20(25(2)13-16-8-9-26-14-16)24-12-15-6-7-19(23-11-15)27-18-5-3-4-17(21)10-18/h3-7,10-11,16H,8-9,12-14H2,1-2H3,(H,22,24). The summed E-state index contributed by atoms with van der Waals surface area (Å²) < 4.78 is 24.2. The zero-order valence-corrected chi connectivity index (χ0v) is 15.7. The zero-order valence-electron chi connectivity index (χ0n) is 15.7. The van der Waals surface area contributed by atoms with Crippen molar-refractivity contribution < 1.29 is 13.9 Å². The van der Waals surface area contributed by atoms with Crippen LogP contribution in [-0.2, 0) is 11.3 Å². The van der Waals surface area contributed by atoms with E-state index in [1.807, 2.05) is 13.1 Å². The predicted molar refractivity (Wildman–Crippen MR) is 102 cm³/mol. The second-order valence-electron chi connectivity index (χ2n) is 6.58. The Kier molecular flexibility index (Phi) is 6.59. The topological polar surface area (TPSA) is 59.0 Å². The van der Waals surface area contributed by atoms with E-state index in [2.05, 4.69) is 20.2 Å². The van der Waals surface area contributed by atoms with Gasteiger partial charge in [0.1, 0.15) is 11.6 Å². The Balaban J connectivity index is 1.51. The number of pyridine rings is 1. The number of aliphatic imine (C=N–C) groups is 1. The first kappa shape index (κ1) is 19.1. The highest BCUT2D eigenvalue weighted by molar-refractivity contribution is 5.79. The quantitative estimate of drug-likeness (QED) is 0.624. The molecule has 1 aliphatic heterocycles. The third-order valence-electron chi connectivity index (χ3n) is 4.40. The van der Waals surface area contributed by atoms with Crippen molar-refractivity contribution in [2.45, 2.75) is 13.0 Å². The van der Waals surface area contributed by atoms with E-state index in [0.29, 0.717) is 24.1 Å². The lowest BCUT2D eigenvalue weighted by molar-refractivity contribution is 0.181. The van der Waals surface area contributed by atoms with E-state index >= 15 is 0 Å². The average molecular weight is 372 g/mol. The summed E-state index contributed by atoms with van der Waals surface area (Å²) in [5.41, 5.74) is 1.00. The van der Waals surface area contributed by atoms with E-state index in [9.17, 15) is 4.39 Å². The minimum atomic E-state index is -0.340. The largest absolute Gasteiger partial charge is 0.439 e. The number of hydrogen-bond donors (Lipinski definition) is 1. The Bertz CT molecular complexity index is 761. The lowest BCUT2D eigenvalue weighted by Crippen LogP contribution is -2.41. The first-order valence-corrected chi connectivity index (χ1v) is 9.02. The predicted octanol–water partition coefficient (Wildman–Crippen LogP) is 3.06. The molecule has 0 spiro atoms. The molecular formula is C20H25FN4O2. The normalized spacial score (nSPS) is 17.0. The smallest absolute Gasteiger partial charge is 0.219 e. The van der Waals surface area contributed by atoms with Crippen LogP contribution in [0.25, 0.3) is 0 Å². The van der Waals surface area contributed by atoms with E-state index in [1.165, 1.54) is 12.1 Å². The van der Waals surface area contributed by atoms with Gasteiger partial charge in [0.05, 0.1) is 6.61 Å². The average Bonchev–Trinajstić information content (AvgIpc) is 3.16. The summed E-state index contributed by atoms with van der Waals surface area (Å²) in [5.74, 6) is 1.89. The number of aromatic nitrogens is 1. The molecule has 0 saturated carbocycles. The SMILES string of the molecule is CN=C(NCc1ccc(Oc2cccc(F)c2)nc1)N(C)CC1CCOC1. The van der Waals surface area contributed by atoms with E-state index in [0.717, 1.165) is 37.7 Å². The molecule has 27 heavy (non-hydrogen) atoms. The molecule has 2 heterocycles. The van der Waals surface area contributed by atoms with Crippen molar-refractivity contribution >= 4 is 5.96 Å². The number of benzene rings is 1. The van der Waals surface area contributed by atoms with Crippen molar-refractivity contribution in [2.24, 2.45) is 10.9 Å². The highest BCUT2D eigenvalue weighted by Crippen LogP contribution is 2.20. The Labute approximate surface area is 159 Å². The fourth-order valence-electron chi connectivity index (χ4n) is 2.99. The van der Waals surface area contributed by atoms with Crippen LogP contribution in [0.4, 0.5) is 4.39 Å². The monoisotopic (exact) mass is 372 g/mol. The molecule has 1 aliphatic rings. The molecule has 144 valence electrons. The van der Waals surface area contributed by atoms with Gasteiger partial charge in [0, 0.05) is 58.0 Å². The molecule has 0 radical (unpaired) electrons. The van der Waals surface area contributed by atoms with Crippen molar-refractivity contribution in [1.29, 1.82) is 0 Å². The van der Waals surface area contributed by atoms with Gasteiger partial charge in [-0.2, -0.15) is 0 Å². The van der Waals surface area contributed by atoms with E-state index in [1.54, 1.807) is 31.4 Å². The lowest BCUT2D eigenvalue weighted by Gasteiger charge is -2.24. The summed E-state index contributed by atoms with van der Waals surface area (Å²) in [6, 6.07) is 9.68. The van der Waals surface area contributed by atoms with Gasteiger partial charge in [0.25, 0.3) is 0 Å². The minimum Gasteiger partial charge on any atom is -0.439 e. The minimum absolute atomic E-state index is 0.340. The van der Waals surface area contributed by atoms with Gasteiger partial charge in [-0.1, -0.05) is 12.1 Å². The molecule has 0 bridgehead atoms. The Hall–Kier alpha value is -2.67. The van der Waals surface area contributed by atoms with Crippen molar-refractivity contribution in [3.05, 3.63) is 54.0 Å². The molecule has 3 rings (SSSR count). The number of hydrogen-bond acceptors (Lipinski definition) is 4. The van der Waals surface area contributed by atoms with Crippen LogP contribution in [-0.4, -0.2) is 49.7 Å². The highest BCUT2D eigenvalue weighted by atomic mass is 19.1. The van der Waals surface area contributed by atoms with Crippen molar-refractivity contribution in [3.8, 4) is 11.6 Å². The van der Waals surface area contributed by atoms with Gasteiger partial charge in [-0.15, -0.1) is 0 Å². The van der Waals surface area contributed by atoms with Crippen molar-refractivity contribution in [3.63, 3.8) is 0 Å². The van der Waals surface area contributed by atoms with E-state index in [4.69, 9.17) is 9.47 Å². The molecule has 1 aromatic carbocycles. The number of nitrogens with one attached hydrogen (secondary N) is 1. The zero-order chi connectivity index (χ0) is 19.1. The molecule has 6 nitrogen and oxygen atoms in total. The maximum absolute atomic E-state index is 13.2. The molecule has 1 fully saturated rings. The van der Waals surface area contributed by atoms with Crippen LogP contribution < -0.4 is 10.1 Å². The lowest BCUT2D eigenvalue weighted by atomic mass is 10.1. The molecule has 1 aromatic heterocycles. The van der Waals surface area contributed by atoms with Gasteiger partial charge in [-0.3, -0.25) is 4.99 Å². The van der Waals surface area contributed by atoms with Crippen LogP contribution in [0.3, 0.4) is 0 Å². The van der Waals surface area contributed by atoms with Crippen LogP contribution in [0, 0.1) is 11.7 Å². The third kappa shape index (κ3) is 5.65. The second-order valence-corrected chi connectivity index (χ2v) is 6.58. The summed E-state index contributed by atoms with van der Waals surface area (Å²) in [5, 5.41) is 3.34. The summed E-state index contributed by atoms with van der Waals surface area (Å²) in [6.45, 7) is 3.18. The van der Waals surface area contributed by atoms with Crippen molar-refractivity contribution in [2.75, 3.05) is 33.9 Å². The number of halogens is 1. The summed E-state index contributed by atoms with van der Waals surface area (Å²) in [6.07, 6.45) is 2.83. The molecular weight excluding hydrogens is 347 g/mol. The van der Waals surface area contributed by atoms with Crippen LogP contribution in [0.15, 0.2) is 47.6 Å². The van der Waals surface area contributed by atoms with Crippen LogP contribution in [0.2, 0.25) is 0 Å². The van der Waals surface area contributed by atoms with Gasteiger partial charge >= 0.3 is 0 Å². The van der Waals surface area contributed by atoms with Gasteiger partial charge in [0.15, 0.2) is 5.96 Å². The molecule has 1 unspecified atom stereocenters. The molecule has 1 saturated heterocycles.